The molecule has 424 valence electrons. The number of aromatic nitrogens is 1. The second kappa shape index (κ2) is 31.4. The summed E-state index contributed by atoms with van der Waals surface area (Å²) < 4.78 is 0. The Labute approximate surface area is 455 Å². The average Bonchev–Trinajstić information content (AvgIpc) is 3.82. The number of rotatable bonds is 18. The number of H-pyrrole nitrogens is 1. The Morgan fingerprint density at radius 3 is 2.03 bits per heavy atom. The lowest BCUT2D eigenvalue weighted by molar-refractivity contribution is -0.136. The molecule has 0 unspecified atom stereocenters. The number of nitrogens with one attached hydrogen (secondary N) is 7. The number of fused-ring (bicyclic) bond motifs is 1. The molecule has 2 fully saturated rings. The van der Waals surface area contributed by atoms with Crippen LogP contribution in [0.5, 0.6) is 0 Å². The Hall–Kier alpha value is -7.85. The highest BCUT2D eigenvalue weighted by Crippen LogP contribution is 2.29. The first-order valence-electron chi connectivity index (χ1n) is 27.2. The lowest BCUT2D eigenvalue weighted by Gasteiger charge is -2.30. The Kier molecular flexibility index (Phi) is 24.6. The minimum absolute atomic E-state index is 0.00204. The third-order valence-electron chi connectivity index (χ3n) is 14.3. The number of amides is 7. The van der Waals surface area contributed by atoms with Gasteiger partial charge < -0.3 is 65.6 Å². The first kappa shape index (κ1) is 61.0. The minimum Gasteiger partial charge on any atom is -0.370 e. The summed E-state index contributed by atoms with van der Waals surface area (Å²) in [4.78, 5) is 138. The van der Waals surface area contributed by atoms with Crippen LogP contribution in [-0.2, 0) is 56.0 Å². The van der Waals surface area contributed by atoms with E-state index in [4.69, 9.17) is 28.7 Å². The second-order valence-electron chi connectivity index (χ2n) is 20.6. The van der Waals surface area contributed by atoms with E-state index in [1.165, 1.54) is 6.92 Å². The van der Waals surface area contributed by atoms with E-state index in [-0.39, 0.29) is 102 Å². The van der Waals surface area contributed by atoms with Crippen molar-refractivity contribution < 1.29 is 43.2 Å². The molecular weight excluding hydrogens is 1000 g/mol. The van der Waals surface area contributed by atoms with Gasteiger partial charge in [-0.15, -0.1) is 0 Å². The number of Topliss-reactive ketones (excluding diaryl/α,β-unsaturated/α-hetero) is 2. The Morgan fingerprint density at radius 2 is 1.33 bits per heavy atom. The number of ketones is 2. The number of hydrogen-bond donors (Lipinski definition) is 12. The van der Waals surface area contributed by atoms with Gasteiger partial charge in [0, 0.05) is 68.3 Å². The summed E-state index contributed by atoms with van der Waals surface area (Å²) in [6.45, 7) is 1.56. The Bertz CT molecular complexity index is 2590. The molecule has 1 aromatic heterocycles. The van der Waals surface area contributed by atoms with Crippen LogP contribution in [0.3, 0.4) is 0 Å². The molecular formula is C55H80N14O9. The molecule has 5 rings (SSSR count). The van der Waals surface area contributed by atoms with Gasteiger partial charge >= 0.3 is 0 Å². The smallest absolute Gasteiger partial charge is 0.243 e. The maximum atomic E-state index is 14.9. The standard InChI is InChI=1S/C55H80N14O9/c1-33(70)65-42(22-13-25-63-55(59)60)51(76)69-45-31-48(73)61-23-11-10-21-41(49(56)74)66-50(75)37(28-38-32-64-40-20-9-8-19-39(38)40)30-46(71)36(18-12-24-62-54(57)58)29-47(72)43(26-34-14-4-2-5-15-34)67-52(77)44(68-53(45)78)27-35-16-6-3-7-17-35/h2,4-5,8-9,14-15,19-20,32,35-37,41-45,64H,3,6-7,10-13,16-18,21-31H2,1H3,(H2,56,74)(H,61,73)(H,65,70)(H,66,75)(H,67,77)(H,68,78)(H,69,76)(H4,57,58,62)(H4,59,60,63)/t36-,37-,41+,42+,43-,44-,45+/m1/s1. The van der Waals surface area contributed by atoms with E-state index in [2.05, 4.69) is 46.9 Å². The first-order valence-corrected chi connectivity index (χ1v) is 27.2. The maximum absolute atomic E-state index is 14.9. The van der Waals surface area contributed by atoms with Crippen molar-refractivity contribution in [3.05, 3.63) is 71.9 Å². The fraction of sp³-hybridized carbons (Fsp3) is 0.545. The summed E-state index contributed by atoms with van der Waals surface area (Å²) in [5.74, 6) is -8.16. The lowest BCUT2D eigenvalue weighted by atomic mass is 9.83. The molecule has 0 radical (unpaired) electrons. The average molecular weight is 1080 g/mol. The van der Waals surface area contributed by atoms with E-state index in [0.717, 1.165) is 48.6 Å². The predicted octanol–water partition coefficient (Wildman–Crippen LogP) is 0.801. The van der Waals surface area contributed by atoms with Crippen LogP contribution in [0.15, 0.2) is 70.8 Å². The predicted molar refractivity (Wildman–Crippen MR) is 295 cm³/mol. The summed E-state index contributed by atoms with van der Waals surface area (Å²) in [5.41, 5.74) is 30.3. The molecule has 7 atom stereocenters. The molecule has 1 saturated carbocycles. The van der Waals surface area contributed by atoms with E-state index < -0.39 is 101 Å². The lowest BCUT2D eigenvalue weighted by Crippen LogP contribution is -2.59. The van der Waals surface area contributed by atoms with Gasteiger partial charge in [0.05, 0.1) is 12.5 Å². The zero-order valence-corrected chi connectivity index (χ0v) is 44.7. The van der Waals surface area contributed by atoms with Crippen molar-refractivity contribution in [2.45, 2.75) is 153 Å². The van der Waals surface area contributed by atoms with Gasteiger partial charge in [-0.2, -0.15) is 0 Å². The minimum atomic E-state index is -1.56. The summed E-state index contributed by atoms with van der Waals surface area (Å²) >= 11 is 0. The van der Waals surface area contributed by atoms with Gasteiger partial charge in [-0.25, -0.2) is 0 Å². The molecule has 2 heterocycles. The summed E-state index contributed by atoms with van der Waals surface area (Å²) in [6.07, 6.45) is 6.56. The number of carbonyl (C=O) groups excluding carboxylic acids is 9. The summed E-state index contributed by atoms with van der Waals surface area (Å²) in [5, 5.41) is 17.4. The molecule has 23 nitrogen and oxygen atoms in total. The number of primary amides is 1. The molecule has 2 aliphatic rings. The third kappa shape index (κ3) is 20.6. The van der Waals surface area contributed by atoms with E-state index in [1.807, 2.05) is 24.3 Å². The van der Waals surface area contributed by atoms with Crippen molar-refractivity contribution >= 4 is 75.7 Å². The number of para-hydroxylation sites is 1. The van der Waals surface area contributed by atoms with Crippen molar-refractivity contribution in [1.29, 1.82) is 0 Å². The van der Waals surface area contributed by atoms with Crippen molar-refractivity contribution in [2.24, 2.45) is 56.4 Å². The Morgan fingerprint density at radius 1 is 0.679 bits per heavy atom. The number of guanidine groups is 2. The van der Waals surface area contributed by atoms with Gasteiger partial charge in [0.1, 0.15) is 30.0 Å². The monoisotopic (exact) mass is 1080 g/mol. The number of nitrogens with zero attached hydrogens (tertiary/aromatic N) is 2. The normalized spacial score (nSPS) is 22.4. The Balaban J connectivity index is 1.55. The van der Waals surface area contributed by atoms with Crippen molar-refractivity contribution in [3.8, 4) is 0 Å². The topological polar surface area (TPSA) is 396 Å². The molecule has 0 spiro atoms. The molecule has 1 aliphatic carbocycles. The number of nitrogens with two attached hydrogens (primary N) is 5. The van der Waals surface area contributed by atoms with Gasteiger partial charge in [-0.3, -0.25) is 53.1 Å². The number of hydrogen-bond acceptors (Lipinski definition) is 11. The largest absolute Gasteiger partial charge is 0.370 e. The van der Waals surface area contributed by atoms with Crippen LogP contribution in [0.2, 0.25) is 0 Å². The van der Waals surface area contributed by atoms with E-state index >= 15 is 0 Å². The second-order valence-corrected chi connectivity index (χ2v) is 20.6. The van der Waals surface area contributed by atoms with Crippen LogP contribution < -0.4 is 60.6 Å². The van der Waals surface area contributed by atoms with E-state index in [0.29, 0.717) is 18.4 Å². The SMILES string of the molecule is CC(=O)N[C@@H](CCCN=C(N)N)C(=O)N[C@H]1CC(=O)NCCCC[C@@H](C(N)=O)NC(=O)[C@H](Cc2c[nH]c3ccccc23)CC(=O)[C@H](CCCN=C(N)N)CC(=O)[C@@H](Cc2ccccc2)NC(=O)[C@@H](CC2CCCCC2)NC1=O. The van der Waals surface area contributed by atoms with Crippen LogP contribution in [-0.4, -0.2) is 120 Å². The van der Waals surface area contributed by atoms with Crippen LogP contribution in [0.1, 0.15) is 121 Å². The van der Waals surface area contributed by atoms with Crippen LogP contribution in [0, 0.1) is 17.8 Å². The number of aromatic amines is 1. The van der Waals surface area contributed by atoms with Gasteiger partial charge in [-0.05, 0) is 87.3 Å². The van der Waals surface area contributed by atoms with E-state index in [1.54, 1.807) is 36.5 Å². The fourth-order valence-corrected chi connectivity index (χ4v) is 10.2. The van der Waals surface area contributed by atoms with Crippen molar-refractivity contribution in [3.63, 3.8) is 0 Å². The van der Waals surface area contributed by atoms with E-state index in [9.17, 15) is 43.2 Å². The van der Waals surface area contributed by atoms with Crippen LogP contribution in [0.25, 0.3) is 10.9 Å². The number of benzene rings is 2. The molecule has 17 N–H and O–H groups in total. The van der Waals surface area contributed by atoms with Crippen LogP contribution in [0.4, 0.5) is 0 Å². The highest BCUT2D eigenvalue weighted by Gasteiger charge is 2.36. The summed E-state index contributed by atoms with van der Waals surface area (Å²) in [7, 11) is 0. The highest BCUT2D eigenvalue weighted by molar-refractivity contribution is 5.99. The van der Waals surface area contributed by atoms with Gasteiger partial charge in [0.2, 0.25) is 41.4 Å². The van der Waals surface area contributed by atoms with Crippen molar-refractivity contribution in [1.82, 2.24) is 36.9 Å². The molecule has 7 amide bonds. The number of aliphatic imine (C=N–C) groups is 2. The summed E-state index contributed by atoms with van der Waals surface area (Å²) in [6, 6.07) is 10.1. The molecule has 78 heavy (non-hydrogen) atoms. The first-order chi connectivity index (χ1) is 37.4. The molecule has 0 bridgehead atoms. The fourth-order valence-electron chi connectivity index (χ4n) is 10.2. The van der Waals surface area contributed by atoms with Crippen LogP contribution >= 0.6 is 0 Å². The molecule has 1 saturated heterocycles. The van der Waals surface area contributed by atoms with Gasteiger partial charge in [0.15, 0.2) is 17.7 Å². The van der Waals surface area contributed by atoms with Gasteiger partial charge in [0.25, 0.3) is 0 Å². The molecule has 2 aromatic carbocycles. The maximum Gasteiger partial charge on any atom is 0.243 e. The van der Waals surface area contributed by atoms with Crippen molar-refractivity contribution in [2.75, 3.05) is 19.6 Å². The third-order valence-corrected chi connectivity index (χ3v) is 14.3. The highest BCUT2D eigenvalue weighted by atomic mass is 16.2. The molecule has 3 aromatic rings. The molecule has 23 heteroatoms. The number of carbonyl (C=O) groups is 9. The zero-order valence-electron chi connectivity index (χ0n) is 44.7. The zero-order chi connectivity index (χ0) is 56.6. The molecule has 1 aliphatic heterocycles. The van der Waals surface area contributed by atoms with Gasteiger partial charge in [-0.1, -0.05) is 80.6 Å². The quantitative estimate of drug-likeness (QED) is 0.0477.